The lowest BCUT2D eigenvalue weighted by atomic mass is 10.2. The second kappa shape index (κ2) is 11.6. The SMILES string of the molecule is CCn1c(SCC(=O)N/N=C/c2cc(OC)c(OC)c(OC)c2)nnc1-c1ccc(Cl)cc1. The summed E-state index contributed by atoms with van der Waals surface area (Å²) in [6.45, 7) is 2.66. The number of thioether (sulfide) groups is 1. The van der Waals surface area contributed by atoms with Crippen LogP contribution >= 0.6 is 23.4 Å². The van der Waals surface area contributed by atoms with Crippen molar-refractivity contribution in [1.82, 2.24) is 20.2 Å². The van der Waals surface area contributed by atoms with E-state index in [-0.39, 0.29) is 11.7 Å². The number of nitrogens with one attached hydrogen (secondary N) is 1. The van der Waals surface area contributed by atoms with Gasteiger partial charge in [-0.05, 0) is 43.3 Å². The highest BCUT2D eigenvalue weighted by Gasteiger charge is 2.15. The van der Waals surface area contributed by atoms with Crippen molar-refractivity contribution in [3.63, 3.8) is 0 Å². The van der Waals surface area contributed by atoms with E-state index >= 15 is 0 Å². The number of rotatable bonds is 10. The standard InChI is InChI=1S/C22H24ClN5O4S/c1-5-28-21(15-6-8-16(23)9-7-15)26-27-22(28)33-13-19(29)25-24-12-14-10-17(30-2)20(32-4)18(11-14)31-3/h6-12H,5,13H2,1-4H3,(H,25,29)/b24-12+. The van der Waals surface area contributed by atoms with Gasteiger partial charge in [0.25, 0.3) is 5.91 Å². The van der Waals surface area contributed by atoms with E-state index in [0.717, 1.165) is 11.4 Å². The maximum Gasteiger partial charge on any atom is 0.250 e. The lowest BCUT2D eigenvalue weighted by molar-refractivity contribution is -0.118. The van der Waals surface area contributed by atoms with Crippen LogP contribution in [-0.4, -0.2) is 54.0 Å². The van der Waals surface area contributed by atoms with Crippen molar-refractivity contribution in [2.24, 2.45) is 5.10 Å². The van der Waals surface area contributed by atoms with E-state index in [0.29, 0.717) is 39.5 Å². The first-order valence-electron chi connectivity index (χ1n) is 9.94. The molecule has 2 aromatic carbocycles. The van der Waals surface area contributed by atoms with Crippen molar-refractivity contribution >= 4 is 35.5 Å². The summed E-state index contributed by atoms with van der Waals surface area (Å²) < 4.78 is 17.9. The van der Waals surface area contributed by atoms with Gasteiger partial charge in [-0.3, -0.25) is 4.79 Å². The summed E-state index contributed by atoms with van der Waals surface area (Å²) in [7, 11) is 4.60. The van der Waals surface area contributed by atoms with Crippen LogP contribution in [0.4, 0.5) is 0 Å². The van der Waals surface area contributed by atoms with E-state index < -0.39 is 0 Å². The molecular weight excluding hydrogens is 466 g/mol. The van der Waals surface area contributed by atoms with Gasteiger partial charge in [0.05, 0.1) is 33.3 Å². The summed E-state index contributed by atoms with van der Waals surface area (Å²) in [5.74, 6) is 2.05. The summed E-state index contributed by atoms with van der Waals surface area (Å²) in [5, 5.41) is 13.8. The monoisotopic (exact) mass is 489 g/mol. The summed E-state index contributed by atoms with van der Waals surface area (Å²) in [5.41, 5.74) is 4.09. The number of amides is 1. The van der Waals surface area contributed by atoms with E-state index in [9.17, 15) is 4.79 Å². The molecule has 0 saturated heterocycles. The molecule has 11 heteroatoms. The molecule has 33 heavy (non-hydrogen) atoms. The highest BCUT2D eigenvalue weighted by Crippen LogP contribution is 2.37. The Kier molecular flexibility index (Phi) is 8.56. The van der Waals surface area contributed by atoms with E-state index in [1.54, 1.807) is 24.3 Å². The Morgan fingerprint density at radius 1 is 1.12 bits per heavy atom. The van der Waals surface area contributed by atoms with Gasteiger partial charge in [-0.2, -0.15) is 5.10 Å². The quantitative estimate of drug-likeness (QED) is 0.262. The van der Waals surface area contributed by atoms with Gasteiger partial charge in [-0.1, -0.05) is 23.4 Å². The Labute approximate surface area is 201 Å². The van der Waals surface area contributed by atoms with Crippen molar-refractivity contribution in [3.8, 4) is 28.6 Å². The van der Waals surface area contributed by atoms with Crippen LogP contribution in [0.3, 0.4) is 0 Å². The highest BCUT2D eigenvalue weighted by molar-refractivity contribution is 7.99. The molecule has 1 amide bonds. The first kappa shape index (κ1) is 24.4. The Morgan fingerprint density at radius 3 is 2.36 bits per heavy atom. The third-order valence-electron chi connectivity index (χ3n) is 4.56. The maximum absolute atomic E-state index is 12.3. The van der Waals surface area contributed by atoms with E-state index in [1.165, 1.54) is 39.3 Å². The molecule has 0 spiro atoms. The molecule has 3 rings (SSSR count). The fourth-order valence-corrected chi connectivity index (χ4v) is 3.93. The van der Waals surface area contributed by atoms with Crippen LogP contribution in [0.2, 0.25) is 5.02 Å². The molecule has 0 fully saturated rings. The normalized spacial score (nSPS) is 10.9. The summed E-state index contributed by atoms with van der Waals surface area (Å²) in [6.07, 6.45) is 1.50. The van der Waals surface area contributed by atoms with Crippen LogP contribution in [0.1, 0.15) is 12.5 Å². The fourth-order valence-electron chi connectivity index (χ4n) is 3.01. The zero-order chi connectivity index (χ0) is 23.8. The Hall–Kier alpha value is -3.24. The number of hydrogen-bond donors (Lipinski definition) is 1. The number of ether oxygens (including phenoxy) is 3. The lowest BCUT2D eigenvalue weighted by Gasteiger charge is -2.12. The van der Waals surface area contributed by atoms with Gasteiger partial charge in [0.2, 0.25) is 5.75 Å². The van der Waals surface area contributed by atoms with Crippen LogP contribution < -0.4 is 19.6 Å². The topological polar surface area (TPSA) is 99.9 Å². The number of methoxy groups -OCH3 is 3. The van der Waals surface area contributed by atoms with E-state index in [2.05, 4.69) is 20.7 Å². The smallest absolute Gasteiger partial charge is 0.250 e. The van der Waals surface area contributed by atoms with E-state index in [4.69, 9.17) is 25.8 Å². The van der Waals surface area contributed by atoms with Crippen molar-refractivity contribution in [1.29, 1.82) is 0 Å². The average Bonchev–Trinajstić information content (AvgIpc) is 3.25. The van der Waals surface area contributed by atoms with Crippen molar-refractivity contribution < 1.29 is 19.0 Å². The van der Waals surface area contributed by atoms with Gasteiger partial charge >= 0.3 is 0 Å². The molecule has 3 aromatic rings. The number of carbonyl (C=O) groups excluding carboxylic acids is 1. The van der Waals surface area contributed by atoms with Gasteiger partial charge < -0.3 is 18.8 Å². The number of carbonyl (C=O) groups is 1. The molecular formula is C22H24ClN5O4S. The van der Waals surface area contributed by atoms with Gasteiger partial charge in [0, 0.05) is 22.7 Å². The number of nitrogens with zero attached hydrogens (tertiary/aromatic N) is 4. The van der Waals surface area contributed by atoms with Crippen molar-refractivity contribution in [3.05, 3.63) is 47.0 Å². The number of benzene rings is 2. The lowest BCUT2D eigenvalue weighted by Crippen LogP contribution is -2.20. The van der Waals surface area contributed by atoms with Crippen LogP contribution in [0.5, 0.6) is 17.2 Å². The molecule has 0 radical (unpaired) electrons. The van der Waals surface area contributed by atoms with Gasteiger partial charge in [0.1, 0.15) is 0 Å². The van der Waals surface area contributed by atoms with Crippen LogP contribution in [-0.2, 0) is 11.3 Å². The second-order valence-corrected chi connectivity index (χ2v) is 7.98. The Balaban J connectivity index is 1.62. The fraction of sp³-hybridized carbons (Fsp3) is 0.273. The number of halogens is 1. The largest absolute Gasteiger partial charge is 0.493 e. The highest BCUT2D eigenvalue weighted by atomic mass is 35.5. The Bertz CT molecular complexity index is 1110. The molecule has 0 bridgehead atoms. The summed E-state index contributed by atoms with van der Waals surface area (Å²) in [4.78, 5) is 12.3. The van der Waals surface area contributed by atoms with Gasteiger partial charge in [-0.15, -0.1) is 10.2 Å². The first-order chi connectivity index (χ1) is 16.0. The van der Waals surface area contributed by atoms with Crippen molar-refractivity contribution in [2.45, 2.75) is 18.6 Å². The molecule has 0 aliphatic rings. The predicted octanol–water partition coefficient (Wildman–Crippen LogP) is 3.89. The molecule has 174 valence electrons. The molecule has 1 aromatic heterocycles. The molecule has 0 aliphatic carbocycles. The number of hydrogen-bond acceptors (Lipinski definition) is 8. The second-order valence-electron chi connectivity index (χ2n) is 6.60. The van der Waals surface area contributed by atoms with Crippen molar-refractivity contribution in [2.75, 3.05) is 27.1 Å². The molecule has 1 N–H and O–H groups in total. The van der Waals surface area contributed by atoms with Gasteiger partial charge in [-0.25, -0.2) is 5.43 Å². The molecule has 0 aliphatic heterocycles. The minimum absolute atomic E-state index is 0.130. The third kappa shape index (κ3) is 5.96. The number of aromatic nitrogens is 3. The van der Waals surface area contributed by atoms with Gasteiger partial charge in [0.15, 0.2) is 22.5 Å². The molecule has 9 nitrogen and oxygen atoms in total. The molecule has 0 atom stereocenters. The zero-order valence-electron chi connectivity index (χ0n) is 18.7. The Morgan fingerprint density at radius 2 is 1.79 bits per heavy atom. The third-order valence-corrected chi connectivity index (χ3v) is 5.78. The molecule has 1 heterocycles. The maximum atomic E-state index is 12.3. The average molecular weight is 490 g/mol. The number of hydrazone groups is 1. The van der Waals surface area contributed by atoms with Crippen LogP contribution in [0.25, 0.3) is 11.4 Å². The summed E-state index contributed by atoms with van der Waals surface area (Å²) in [6, 6.07) is 10.8. The molecule has 0 unspecified atom stereocenters. The van der Waals surface area contributed by atoms with E-state index in [1.807, 2.05) is 23.6 Å². The first-order valence-corrected chi connectivity index (χ1v) is 11.3. The summed E-state index contributed by atoms with van der Waals surface area (Å²) >= 11 is 7.25. The van der Waals surface area contributed by atoms with Crippen LogP contribution in [0, 0.1) is 0 Å². The minimum Gasteiger partial charge on any atom is -0.493 e. The van der Waals surface area contributed by atoms with Crippen LogP contribution in [0.15, 0.2) is 46.7 Å². The zero-order valence-corrected chi connectivity index (χ0v) is 20.2. The minimum atomic E-state index is -0.276. The predicted molar refractivity (Wildman–Crippen MR) is 129 cm³/mol. The molecule has 0 saturated carbocycles.